The van der Waals surface area contributed by atoms with Gasteiger partial charge in [0.2, 0.25) is 5.91 Å². The van der Waals surface area contributed by atoms with Gasteiger partial charge in [0.05, 0.1) is 19.2 Å². The summed E-state index contributed by atoms with van der Waals surface area (Å²) in [5, 5.41) is 9.06. The number of aliphatic hydroxyl groups is 1. The Kier molecular flexibility index (Phi) is 3.96. The molecule has 0 bridgehead atoms. The minimum absolute atomic E-state index is 0.0958. The highest BCUT2D eigenvalue weighted by atomic mass is 16.3. The lowest BCUT2D eigenvalue weighted by molar-refractivity contribution is -0.120. The minimum Gasteiger partial charge on any atom is -0.394 e. The first-order chi connectivity index (χ1) is 8.61. The predicted molar refractivity (Wildman–Crippen MR) is 70.3 cm³/mol. The van der Waals surface area contributed by atoms with Crippen molar-refractivity contribution in [2.24, 2.45) is 5.73 Å². The fourth-order valence-electron chi connectivity index (χ4n) is 2.09. The van der Waals surface area contributed by atoms with Crippen molar-refractivity contribution in [3.05, 3.63) is 29.8 Å². The second-order valence-electron chi connectivity index (χ2n) is 4.67. The van der Waals surface area contributed by atoms with Gasteiger partial charge in [-0.15, -0.1) is 0 Å². The van der Waals surface area contributed by atoms with Gasteiger partial charge in [-0.1, -0.05) is 12.1 Å². The van der Waals surface area contributed by atoms with Crippen LogP contribution in [0.4, 0.5) is 5.69 Å². The Hall–Kier alpha value is -1.43. The van der Waals surface area contributed by atoms with Gasteiger partial charge in [0.25, 0.3) is 0 Å². The van der Waals surface area contributed by atoms with Gasteiger partial charge in [-0.25, -0.2) is 0 Å². The number of aliphatic hydroxyl groups excluding tert-OH is 1. The molecule has 0 aliphatic carbocycles. The van der Waals surface area contributed by atoms with E-state index in [-0.39, 0.29) is 12.5 Å². The fourth-order valence-corrected chi connectivity index (χ4v) is 2.09. The summed E-state index contributed by atoms with van der Waals surface area (Å²) < 4.78 is 0. The lowest BCUT2D eigenvalue weighted by Crippen LogP contribution is -2.48. The van der Waals surface area contributed by atoms with Crippen LogP contribution in [0.5, 0.6) is 0 Å². The van der Waals surface area contributed by atoms with Crippen LogP contribution in [0.3, 0.4) is 0 Å². The van der Waals surface area contributed by atoms with Crippen molar-refractivity contribution in [3.63, 3.8) is 0 Å². The summed E-state index contributed by atoms with van der Waals surface area (Å²) in [6.07, 6.45) is 0. The lowest BCUT2D eigenvalue weighted by Gasteiger charge is -2.32. The van der Waals surface area contributed by atoms with Crippen molar-refractivity contribution in [2.75, 3.05) is 38.2 Å². The third kappa shape index (κ3) is 2.69. The largest absolute Gasteiger partial charge is 0.394 e. The summed E-state index contributed by atoms with van der Waals surface area (Å²) in [7, 11) is 1.94. The van der Waals surface area contributed by atoms with E-state index in [1.807, 2.05) is 36.2 Å². The number of nitrogens with zero attached hydrogens (tertiary/aromatic N) is 2. The van der Waals surface area contributed by atoms with Crippen LogP contribution in [0, 0.1) is 0 Å². The predicted octanol–water partition coefficient (Wildman–Crippen LogP) is -0.0429. The van der Waals surface area contributed by atoms with Crippen LogP contribution in [-0.4, -0.2) is 49.2 Å². The third-order valence-corrected chi connectivity index (χ3v) is 3.22. The van der Waals surface area contributed by atoms with E-state index >= 15 is 0 Å². The summed E-state index contributed by atoms with van der Waals surface area (Å²) in [5.41, 5.74) is 7.49. The highest BCUT2D eigenvalue weighted by Gasteiger charge is 2.23. The van der Waals surface area contributed by atoms with E-state index in [0.717, 1.165) is 17.8 Å². The zero-order valence-electron chi connectivity index (χ0n) is 10.5. The highest BCUT2D eigenvalue weighted by Crippen LogP contribution is 2.21. The van der Waals surface area contributed by atoms with Crippen molar-refractivity contribution < 1.29 is 9.90 Å². The van der Waals surface area contributed by atoms with Crippen LogP contribution < -0.4 is 10.6 Å². The maximum absolute atomic E-state index is 12.0. The molecule has 0 radical (unpaired) electrons. The summed E-state index contributed by atoms with van der Waals surface area (Å²) in [4.78, 5) is 15.7. The number of carbonyl (C=O) groups is 1. The molecular weight excluding hydrogens is 230 g/mol. The molecule has 98 valence electrons. The van der Waals surface area contributed by atoms with Gasteiger partial charge >= 0.3 is 0 Å². The average molecular weight is 249 g/mol. The van der Waals surface area contributed by atoms with E-state index in [2.05, 4.69) is 0 Å². The number of amides is 1. The quantitative estimate of drug-likeness (QED) is 0.788. The van der Waals surface area contributed by atoms with E-state index in [1.165, 1.54) is 0 Å². The zero-order valence-corrected chi connectivity index (χ0v) is 10.5. The Bertz CT molecular complexity index is 436. The molecule has 5 nitrogen and oxygen atoms in total. The number of hydrogen-bond donors (Lipinski definition) is 2. The molecule has 18 heavy (non-hydrogen) atoms. The Morgan fingerprint density at radius 3 is 2.89 bits per heavy atom. The molecule has 0 saturated carbocycles. The van der Waals surface area contributed by atoms with Gasteiger partial charge < -0.3 is 15.7 Å². The summed E-state index contributed by atoms with van der Waals surface area (Å²) in [5.74, 6) is 0.0958. The van der Waals surface area contributed by atoms with Gasteiger partial charge in [0, 0.05) is 18.8 Å². The van der Waals surface area contributed by atoms with Gasteiger partial charge in [-0.05, 0) is 24.7 Å². The molecule has 1 fully saturated rings. The van der Waals surface area contributed by atoms with Crippen molar-refractivity contribution in [1.29, 1.82) is 0 Å². The molecule has 1 heterocycles. The first-order valence-electron chi connectivity index (χ1n) is 6.07. The van der Waals surface area contributed by atoms with E-state index in [0.29, 0.717) is 13.1 Å². The van der Waals surface area contributed by atoms with Gasteiger partial charge in [0.1, 0.15) is 0 Å². The number of nitrogens with two attached hydrogens (primary N) is 1. The molecular formula is C13H19N3O2. The molecule has 2 rings (SSSR count). The Labute approximate surface area is 107 Å². The van der Waals surface area contributed by atoms with Crippen LogP contribution in [0.1, 0.15) is 11.6 Å². The van der Waals surface area contributed by atoms with Crippen LogP contribution >= 0.6 is 0 Å². The zero-order chi connectivity index (χ0) is 13.1. The van der Waals surface area contributed by atoms with E-state index in [1.54, 1.807) is 4.90 Å². The van der Waals surface area contributed by atoms with E-state index in [9.17, 15) is 4.79 Å². The van der Waals surface area contributed by atoms with Crippen LogP contribution in [0.15, 0.2) is 24.3 Å². The molecule has 0 spiro atoms. The molecule has 3 N–H and O–H groups in total. The molecule has 1 unspecified atom stereocenters. The maximum Gasteiger partial charge on any atom is 0.241 e. The number of piperazine rings is 1. The first-order valence-corrected chi connectivity index (χ1v) is 6.07. The van der Waals surface area contributed by atoms with Crippen molar-refractivity contribution in [2.45, 2.75) is 6.04 Å². The number of benzene rings is 1. The highest BCUT2D eigenvalue weighted by molar-refractivity contribution is 5.95. The summed E-state index contributed by atoms with van der Waals surface area (Å²) >= 11 is 0. The normalized spacial score (nSPS) is 19.1. The molecule has 1 aromatic rings. The second-order valence-corrected chi connectivity index (χ2v) is 4.67. The van der Waals surface area contributed by atoms with Gasteiger partial charge in [-0.3, -0.25) is 9.69 Å². The van der Waals surface area contributed by atoms with Gasteiger partial charge in [-0.2, -0.15) is 0 Å². The molecule has 1 saturated heterocycles. The van der Waals surface area contributed by atoms with Crippen molar-refractivity contribution in [1.82, 2.24) is 4.90 Å². The number of likely N-dealkylation sites (N-methyl/N-ethyl adjacent to an activating group) is 1. The maximum atomic E-state index is 12.0. The van der Waals surface area contributed by atoms with Crippen LogP contribution in [0.25, 0.3) is 0 Å². The van der Waals surface area contributed by atoms with E-state index in [4.69, 9.17) is 10.8 Å². The van der Waals surface area contributed by atoms with Crippen LogP contribution in [-0.2, 0) is 4.79 Å². The molecule has 0 aromatic heterocycles. The molecule has 1 aromatic carbocycles. The minimum atomic E-state index is -0.396. The molecule has 1 aliphatic heterocycles. The second kappa shape index (κ2) is 5.48. The van der Waals surface area contributed by atoms with E-state index < -0.39 is 6.04 Å². The summed E-state index contributed by atoms with van der Waals surface area (Å²) in [6, 6.07) is 7.12. The average Bonchev–Trinajstić information content (AvgIpc) is 2.38. The number of carbonyl (C=O) groups excluding carboxylic acids is 1. The first kappa shape index (κ1) is 13.0. The van der Waals surface area contributed by atoms with Crippen LogP contribution in [0.2, 0.25) is 0 Å². The fraction of sp³-hybridized carbons (Fsp3) is 0.462. The van der Waals surface area contributed by atoms with Crippen molar-refractivity contribution >= 4 is 11.6 Å². The Morgan fingerprint density at radius 2 is 2.22 bits per heavy atom. The SMILES string of the molecule is CN1CCN(c2cccc(C(N)CO)c2)C(=O)C1. The Balaban J connectivity index is 2.20. The monoisotopic (exact) mass is 249 g/mol. The molecule has 1 aliphatic rings. The standard InChI is InChI=1S/C13H19N3O2/c1-15-5-6-16(13(18)8-15)11-4-2-3-10(7-11)12(14)9-17/h2-4,7,12,17H,5-6,8-9,14H2,1H3. The Morgan fingerprint density at radius 1 is 1.44 bits per heavy atom. The number of anilines is 1. The number of rotatable bonds is 3. The third-order valence-electron chi connectivity index (χ3n) is 3.22. The molecule has 1 atom stereocenters. The lowest BCUT2D eigenvalue weighted by atomic mass is 10.1. The molecule has 1 amide bonds. The number of hydrogen-bond acceptors (Lipinski definition) is 4. The summed E-state index contributed by atoms with van der Waals surface area (Å²) in [6.45, 7) is 1.89. The smallest absolute Gasteiger partial charge is 0.241 e. The van der Waals surface area contributed by atoms with Crippen molar-refractivity contribution in [3.8, 4) is 0 Å². The van der Waals surface area contributed by atoms with Gasteiger partial charge in [0.15, 0.2) is 0 Å². The topological polar surface area (TPSA) is 69.8 Å². The molecule has 5 heteroatoms.